The molecule has 1 aromatic heterocycles. The smallest absolute Gasteiger partial charge is 0.293 e. The summed E-state index contributed by atoms with van der Waals surface area (Å²) >= 11 is 0. The predicted molar refractivity (Wildman–Crippen MR) is 68.7 cm³/mol. The van der Waals surface area contributed by atoms with Crippen molar-refractivity contribution < 1.29 is 0 Å². The fourth-order valence-corrected chi connectivity index (χ4v) is 1.60. The van der Waals surface area contributed by atoms with Crippen molar-refractivity contribution in [1.29, 1.82) is 5.26 Å². The Morgan fingerprint density at radius 1 is 1.33 bits per heavy atom. The number of nitriles is 1. The molecule has 0 saturated heterocycles. The van der Waals surface area contributed by atoms with Crippen LogP contribution in [0.2, 0.25) is 0 Å². The molecule has 0 aliphatic rings. The van der Waals surface area contributed by atoms with Crippen LogP contribution in [0, 0.1) is 11.3 Å². The highest BCUT2D eigenvalue weighted by molar-refractivity contribution is 5.59. The van der Waals surface area contributed by atoms with Crippen LogP contribution in [0.3, 0.4) is 0 Å². The second-order valence-electron chi connectivity index (χ2n) is 3.88. The Bertz CT molecular complexity index is 652. The van der Waals surface area contributed by atoms with Gasteiger partial charge in [-0.25, -0.2) is 4.98 Å². The van der Waals surface area contributed by atoms with Gasteiger partial charge >= 0.3 is 0 Å². The SMILES string of the molecule is CN(c1ccc(C#N)cc1)c1nccn(C)c1=O. The van der Waals surface area contributed by atoms with E-state index in [9.17, 15) is 4.79 Å². The minimum atomic E-state index is -0.163. The minimum absolute atomic E-state index is 0.163. The van der Waals surface area contributed by atoms with Crippen LogP contribution in [-0.2, 0) is 7.05 Å². The first-order valence-corrected chi connectivity index (χ1v) is 5.39. The van der Waals surface area contributed by atoms with Crippen LogP contribution in [-0.4, -0.2) is 16.6 Å². The van der Waals surface area contributed by atoms with Crippen molar-refractivity contribution in [3.8, 4) is 6.07 Å². The number of hydrogen-bond acceptors (Lipinski definition) is 4. The molecule has 0 saturated carbocycles. The second-order valence-corrected chi connectivity index (χ2v) is 3.88. The molecule has 18 heavy (non-hydrogen) atoms. The Hall–Kier alpha value is -2.61. The van der Waals surface area contributed by atoms with Crippen LogP contribution in [0.1, 0.15) is 5.56 Å². The van der Waals surface area contributed by atoms with Crippen molar-refractivity contribution in [1.82, 2.24) is 9.55 Å². The zero-order chi connectivity index (χ0) is 13.1. The molecule has 0 amide bonds. The summed E-state index contributed by atoms with van der Waals surface area (Å²) in [6.07, 6.45) is 3.19. The summed E-state index contributed by atoms with van der Waals surface area (Å²) in [6, 6.07) is 9.04. The van der Waals surface area contributed by atoms with Crippen LogP contribution in [0.4, 0.5) is 11.5 Å². The van der Waals surface area contributed by atoms with Crippen LogP contribution < -0.4 is 10.5 Å². The molecule has 0 bridgehead atoms. The molecule has 0 spiro atoms. The van der Waals surface area contributed by atoms with Gasteiger partial charge in [-0.2, -0.15) is 5.26 Å². The van der Waals surface area contributed by atoms with Crippen molar-refractivity contribution in [3.63, 3.8) is 0 Å². The Kier molecular flexibility index (Phi) is 3.11. The monoisotopic (exact) mass is 240 g/mol. The quantitative estimate of drug-likeness (QED) is 0.796. The third-order valence-electron chi connectivity index (χ3n) is 2.70. The highest BCUT2D eigenvalue weighted by atomic mass is 16.1. The number of aromatic nitrogens is 2. The molecule has 2 rings (SSSR count). The Labute approximate surface area is 105 Å². The standard InChI is InChI=1S/C13H12N4O/c1-16-8-7-15-12(13(16)18)17(2)11-5-3-10(9-14)4-6-11/h3-8H,1-2H3. The Morgan fingerprint density at radius 2 is 2.00 bits per heavy atom. The van der Waals surface area contributed by atoms with Crippen molar-refractivity contribution >= 4 is 11.5 Å². The number of anilines is 2. The van der Waals surface area contributed by atoms with Gasteiger partial charge in [0.25, 0.3) is 5.56 Å². The molecule has 0 aliphatic carbocycles. The lowest BCUT2D eigenvalue weighted by Crippen LogP contribution is -2.26. The molecule has 1 aromatic carbocycles. The second kappa shape index (κ2) is 4.72. The van der Waals surface area contributed by atoms with Crippen molar-refractivity contribution in [3.05, 3.63) is 52.6 Å². The fraction of sp³-hybridized carbons (Fsp3) is 0.154. The first-order valence-electron chi connectivity index (χ1n) is 5.39. The van der Waals surface area contributed by atoms with Gasteiger partial charge in [-0.15, -0.1) is 0 Å². The summed E-state index contributed by atoms with van der Waals surface area (Å²) < 4.78 is 1.47. The summed E-state index contributed by atoms with van der Waals surface area (Å²) in [5.41, 5.74) is 1.23. The summed E-state index contributed by atoms with van der Waals surface area (Å²) in [7, 11) is 3.45. The lowest BCUT2D eigenvalue weighted by molar-refractivity contribution is 0.833. The number of benzene rings is 1. The normalized spacial score (nSPS) is 9.83. The Balaban J connectivity index is 2.42. The molecule has 0 radical (unpaired) electrons. The van der Waals surface area contributed by atoms with E-state index in [2.05, 4.69) is 11.1 Å². The van der Waals surface area contributed by atoms with E-state index in [1.807, 2.05) is 0 Å². The van der Waals surface area contributed by atoms with E-state index >= 15 is 0 Å². The number of nitrogens with zero attached hydrogens (tertiary/aromatic N) is 4. The highest BCUT2D eigenvalue weighted by Gasteiger charge is 2.10. The maximum absolute atomic E-state index is 11.9. The zero-order valence-electron chi connectivity index (χ0n) is 10.2. The van der Waals surface area contributed by atoms with E-state index in [4.69, 9.17) is 5.26 Å². The van der Waals surface area contributed by atoms with Crippen LogP contribution in [0.5, 0.6) is 0 Å². The maximum Gasteiger partial charge on any atom is 0.293 e. The molecular weight excluding hydrogens is 228 g/mol. The molecule has 90 valence electrons. The highest BCUT2D eigenvalue weighted by Crippen LogP contribution is 2.18. The van der Waals surface area contributed by atoms with Crippen LogP contribution in [0.15, 0.2) is 41.5 Å². The molecule has 0 unspecified atom stereocenters. The molecule has 5 nitrogen and oxygen atoms in total. The summed E-state index contributed by atoms with van der Waals surface area (Å²) in [5, 5.41) is 8.74. The Morgan fingerprint density at radius 3 is 2.61 bits per heavy atom. The van der Waals surface area contributed by atoms with Crippen molar-refractivity contribution in [2.75, 3.05) is 11.9 Å². The van der Waals surface area contributed by atoms with Crippen LogP contribution >= 0.6 is 0 Å². The van der Waals surface area contributed by atoms with Gasteiger partial charge in [0.2, 0.25) is 0 Å². The van der Waals surface area contributed by atoms with Gasteiger partial charge in [-0.05, 0) is 24.3 Å². The topological polar surface area (TPSA) is 61.9 Å². The lowest BCUT2D eigenvalue weighted by Gasteiger charge is -2.17. The lowest BCUT2D eigenvalue weighted by atomic mass is 10.2. The molecular formula is C13H12N4O. The van der Waals surface area contributed by atoms with Crippen molar-refractivity contribution in [2.45, 2.75) is 0 Å². The summed E-state index contributed by atoms with van der Waals surface area (Å²) in [4.78, 5) is 17.7. The summed E-state index contributed by atoms with van der Waals surface area (Å²) in [6.45, 7) is 0. The molecule has 0 fully saturated rings. The van der Waals surface area contributed by atoms with Gasteiger partial charge < -0.3 is 9.47 Å². The first kappa shape index (κ1) is 11.9. The van der Waals surface area contributed by atoms with Crippen molar-refractivity contribution in [2.24, 2.45) is 7.05 Å². The van der Waals surface area contributed by atoms with Gasteiger partial charge in [0, 0.05) is 32.2 Å². The van der Waals surface area contributed by atoms with Crippen LogP contribution in [0.25, 0.3) is 0 Å². The molecule has 5 heteroatoms. The predicted octanol–water partition coefficient (Wildman–Crippen LogP) is 1.42. The fourth-order valence-electron chi connectivity index (χ4n) is 1.60. The van der Waals surface area contributed by atoms with E-state index in [1.165, 1.54) is 4.57 Å². The number of rotatable bonds is 2. The average Bonchev–Trinajstić information content (AvgIpc) is 2.41. The van der Waals surface area contributed by atoms with Gasteiger partial charge in [0.15, 0.2) is 5.82 Å². The van der Waals surface area contributed by atoms with E-state index in [0.717, 1.165) is 5.69 Å². The van der Waals surface area contributed by atoms with Gasteiger partial charge in [0.1, 0.15) is 0 Å². The number of hydrogen-bond donors (Lipinski definition) is 0. The molecule has 0 N–H and O–H groups in total. The average molecular weight is 240 g/mol. The first-order chi connectivity index (χ1) is 8.63. The third kappa shape index (κ3) is 2.09. The van der Waals surface area contributed by atoms with E-state index in [1.54, 1.807) is 55.7 Å². The maximum atomic E-state index is 11.9. The van der Waals surface area contributed by atoms with E-state index < -0.39 is 0 Å². The molecule has 0 aliphatic heterocycles. The van der Waals surface area contributed by atoms with E-state index in [-0.39, 0.29) is 5.56 Å². The largest absolute Gasteiger partial charge is 0.325 e. The van der Waals surface area contributed by atoms with Gasteiger partial charge in [0.05, 0.1) is 11.6 Å². The minimum Gasteiger partial charge on any atom is -0.325 e. The summed E-state index contributed by atoms with van der Waals surface area (Å²) in [5.74, 6) is 0.352. The number of aryl methyl sites for hydroxylation is 1. The zero-order valence-corrected chi connectivity index (χ0v) is 10.2. The third-order valence-corrected chi connectivity index (χ3v) is 2.70. The van der Waals surface area contributed by atoms with Gasteiger partial charge in [-0.1, -0.05) is 0 Å². The molecule has 1 heterocycles. The van der Waals surface area contributed by atoms with E-state index in [0.29, 0.717) is 11.4 Å². The molecule has 0 atom stereocenters. The molecule has 2 aromatic rings. The van der Waals surface area contributed by atoms with Gasteiger partial charge in [-0.3, -0.25) is 4.79 Å².